The minimum atomic E-state index is -0.165. The molecule has 0 unspecified atom stereocenters. The topological polar surface area (TPSA) is 67.8 Å². The first-order valence-corrected chi connectivity index (χ1v) is 8.23. The van der Waals surface area contributed by atoms with Crippen LogP contribution in [0.5, 0.6) is 0 Å². The number of nitrogens with one attached hydrogen (secondary N) is 1. The summed E-state index contributed by atoms with van der Waals surface area (Å²) < 4.78 is 0. The lowest BCUT2D eigenvalue weighted by atomic mass is 10.2. The first-order chi connectivity index (χ1) is 11.6. The lowest BCUT2D eigenvalue weighted by molar-refractivity contribution is 0.102. The predicted molar refractivity (Wildman–Crippen MR) is 94.3 cm³/mol. The first kappa shape index (κ1) is 16.1. The molecular weight excluding hydrogens is 320 g/mol. The number of aromatic nitrogens is 3. The van der Waals surface area contributed by atoms with Crippen molar-refractivity contribution in [3.8, 4) is 0 Å². The summed E-state index contributed by atoms with van der Waals surface area (Å²) in [6.07, 6.45) is 3.27. The Kier molecular flexibility index (Phi) is 4.86. The molecule has 1 aromatic carbocycles. The Hall–Kier alpha value is -2.73. The van der Waals surface area contributed by atoms with Gasteiger partial charge in [-0.25, -0.2) is 9.97 Å². The van der Waals surface area contributed by atoms with E-state index < -0.39 is 0 Å². The third-order valence-electron chi connectivity index (χ3n) is 3.21. The van der Waals surface area contributed by atoms with E-state index in [2.05, 4.69) is 20.3 Å². The van der Waals surface area contributed by atoms with Gasteiger partial charge in [-0.15, -0.1) is 0 Å². The highest BCUT2D eigenvalue weighted by molar-refractivity contribution is 7.99. The van der Waals surface area contributed by atoms with Crippen molar-refractivity contribution < 1.29 is 4.79 Å². The van der Waals surface area contributed by atoms with Crippen molar-refractivity contribution in [2.75, 3.05) is 5.32 Å². The Labute approximate surface area is 144 Å². The van der Waals surface area contributed by atoms with Crippen molar-refractivity contribution in [1.82, 2.24) is 15.0 Å². The van der Waals surface area contributed by atoms with Gasteiger partial charge in [0.2, 0.25) is 0 Å². The molecule has 0 saturated heterocycles. The normalized spacial score (nSPS) is 10.4. The molecule has 0 aliphatic heterocycles. The Morgan fingerprint density at radius 3 is 2.38 bits per heavy atom. The summed E-state index contributed by atoms with van der Waals surface area (Å²) in [5, 5.41) is 3.52. The zero-order valence-electron chi connectivity index (χ0n) is 13.4. The third-order valence-corrected chi connectivity index (χ3v) is 4.08. The second-order valence-electron chi connectivity index (χ2n) is 5.26. The number of carbonyl (C=O) groups is 1. The van der Waals surface area contributed by atoms with E-state index in [1.54, 1.807) is 36.7 Å². The van der Waals surface area contributed by atoms with Gasteiger partial charge in [0.05, 0.1) is 11.9 Å². The maximum absolute atomic E-state index is 12.2. The number of anilines is 1. The van der Waals surface area contributed by atoms with E-state index in [1.165, 1.54) is 11.8 Å². The second kappa shape index (κ2) is 7.23. The monoisotopic (exact) mass is 336 g/mol. The molecule has 1 N–H and O–H groups in total. The Morgan fingerprint density at radius 1 is 1.04 bits per heavy atom. The van der Waals surface area contributed by atoms with E-state index in [0.29, 0.717) is 16.4 Å². The Balaban J connectivity index is 1.70. The molecule has 0 aliphatic carbocycles. The van der Waals surface area contributed by atoms with Gasteiger partial charge >= 0.3 is 0 Å². The summed E-state index contributed by atoms with van der Waals surface area (Å²) in [6.45, 7) is 3.90. The Morgan fingerprint density at radius 2 is 1.75 bits per heavy atom. The average molecular weight is 336 g/mol. The number of hydrogen-bond donors (Lipinski definition) is 1. The van der Waals surface area contributed by atoms with Gasteiger partial charge in [0.25, 0.3) is 5.91 Å². The second-order valence-corrected chi connectivity index (χ2v) is 6.30. The fraction of sp³-hybridized carbons (Fsp3) is 0.111. The molecule has 6 heteroatoms. The van der Waals surface area contributed by atoms with Crippen molar-refractivity contribution in [3.05, 3.63) is 71.8 Å². The number of carbonyl (C=O) groups excluding carboxylic acids is 1. The maximum Gasteiger partial charge on any atom is 0.255 e. The molecule has 0 atom stereocenters. The molecule has 24 heavy (non-hydrogen) atoms. The minimum absolute atomic E-state index is 0.165. The third kappa shape index (κ3) is 4.17. The van der Waals surface area contributed by atoms with E-state index >= 15 is 0 Å². The molecule has 0 aliphatic rings. The fourth-order valence-corrected chi connectivity index (χ4v) is 3.02. The van der Waals surface area contributed by atoms with Crippen LogP contribution in [0.1, 0.15) is 21.7 Å². The lowest BCUT2D eigenvalue weighted by Crippen LogP contribution is -2.11. The molecule has 3 aromatic rings. The van der Waals surface area contributed by atoms with E-state index in [9.17, 15) is 4.79 Å². The zero-order valence-corrected chi connectivity index (χ0v) is 14.2. The van der Waals surface area contributed by atoms with E-state index in [-0.39, 0.29) is 5.91 Å². The first-order valence-electron chi connectivity index (χ1n) is 7.42. The Bertz CT molecular complexity index is 830. The highest BCUT2D eigenvalue weighted by Gasteiger charge is 2.07. The van der Waals surface area contributed by atoms with Gasteiger partial charge in [-0.05, 0) is 68.1 Å². The van der Waals surface area contributed by atoms with Gasteiger partial charge in [-0.3, -0.25) is 9.78 Å². The van der Waals surface area contributed by atoms with Crippen LogP contribution in [0.25, 0.3) is 0 Å². The standard InChI is InChI=1S/C18H16N4OS/c1-12-10-13(2)21-18(20-12)24-16-7-5-14(6-8-16)17(23)22-15-4-3-9-19-11-15/h3-11H,1-2H3,(H,22,23). The van der Waals surface area contributed by atoms with Gasteiger partial charge in [0.15, 0.2) is 5.16 Å². The van der Waals surface area contributed by atoms with Crippen LogP contribution in [-0.2, 0) is 0 Å². The number of aryl methyl sites for hydroxylation is 2. The van der Waals surface area contributed by atoms with Crippen molar-refractivity contribution in [1.29, 1.82) is 0 Å². The van der Waals surface area contributed by atoms with Crippen LogP contribution in [-0.4, -0.2) is 20.9 Å². The average Bonchev–Trinajstić information content (AvgIpc) is 2.55. The molecule has 5 nitrogen and oxygen atoms in total. The highest BCUT2D eigenvalue weighted by atomic mass is 32.2. The predicted octanol–water partition coefficient (Wildman–Crippen LogP) is 3.89. The molecule has 2 aromatic heterocycles. The van der Waals surface area contributed by atoms with Gasteiger partial charge in [-0.2, -0.15) is 0 Å². The van der Waals surface area contributed by atoms with Crippen LogP contribution in [0.4, 0.5) is 5.69 Å². The largest absolute Gasteiger partial charge is 0.321 e. The maximum atomic E-state index is 12.2. The van der Waals surface area contributed by atoms with Crippen LogP contribution >= 0.6 is 11.8 Å². The molecule has 0 bridgehead atoms. The number of benzene rings is 1. The molecule has 0 spiro atoms. The van der Waals surface area contributed by atoms with Gasteiger partial charge in [0.1, 0.15) is 0 Å². The number of nitrogens with zero attached hydrogens (tertiary/aromatic N) is 3. The number of amides is 1. The SMILES string of the molecule is Cc1cc(C)nc(Sc2ccc(C(=O)Nc3cccnc3)cc2)n1. The number of pyridine rings is 1. The van der Waals surface area contributed by atoms with Gasteiger partial charge < -0.3 is 5.32 Å². The molecule has 0 fully saturated rings. The molecule has 120 valence electrons. The summed E-state index contributed by atoms with van der Waals surface area (Å²) in [5.41, 5.74) is 3.14. The van der Waals surface area contributed by atoms with Crippen LogP contribution in [0.2, 0.25) is 0 Å². The summed E-state index contributed by atoms with van der Waals surface area (Å²) in [6, 6.07) is 12.9. The van der Waals surface area contributed by atoms with Gasteiger partial charge in [-0.1, -0.05) is 0 Å². The molecule has 3 rings (SSSR count). The van der Waals surface area contributed by atoms with Crippen LogP contribution < -0.4 is 5.32 Å². The quantitative estimate of drug-likeness (QED) is 0.732. The van der Waals surface area contributed by atoms with Crippen LogP contribution in [0, 0.1) is 13.8 Å². The molecular formula is C18H16N4OS. The molecule has 1 amide bonds. The minimum Gasteiger partial charge on any atom is -0.321 e. The van der Waals surface area contributed by atoms with Crippen molar-refractivity contribution in [2.24, 2.45) is 0 Å². The van der Waals surface area contributed by atoms with E-state index in [1.807, 2.05) is 32.0 Å². The number of rotatable bonds is 4. The van der Waals surface area contributed by atoms with Crippen LogP contribution in [0.15, 0.2) is 64.9 Å². The van der Waals surface area contributed by atoms with Crippen molar-refractivity contribution in [3.63, 3.8) is 0 Å². The van der Waals surface area contributed by atoms with Crippen molar-refractivity contribution >= 4 is 23.4 Å². The number of hydrogen-bond acceptors (Lipinski definition) is 5. The molecule has 0 radical (unpaired) electrons. The lowest BCUT2D eigenvalue weighted by Gasteiger charge is -2.06. The summed E-state index contributed by atoms with van der Waals surface area (Å²) >= 11 is 1.48. The molecule has 2 heterocycles. The summed E-state index contributed by atoms with van der Waals surface area (Å²) in [5.74, 6) is -0.165. The summed E-state index contributed by atoms with van der Waals surface area (Å²) in [7, 11) is 0. The van der Waals surface area contributed by atoms with Gasteiger partial charge in [0, 0.05) is 28.0 Å². The van der Waals surface area contributed by atoms with E-state index in [0.717, 1.165) is 16.3 Å². The summed E-state index contributed by atoms with van der Waals surface area (Å²) in [4.78, 5) is 26.0. The zero-order chi connectivity index (χ0) is 16.9. The van der Waals surface area contributed by atoms with E-state index in [4.69, 9.17) is 0 Å². The fourth-order valence-electron chi connectivity index (χ4n) is 2.16. The van der Waals surface area contributed by atoms with Crippen molar-refractivity contribution in [2.45, 2.75) is 23.9 Å². The highest BCUT2D eigenvalue weighted by Crippen LogP contribution is 2.25. The molecule has 0 saturated carbocycles. The van der Waals surface area contributed by atoms with Crippen LogP contribution in [0.3, 0.4) is 0 Å². The smallest absolute Gasteiger partial charge is 0.255 e.